The molecule has 0 aliphatic carbocycles. The average Bonchev–Trinajstić information content (AvgIpc) is 2.75. The summed E-state index contributed by atoms with van der Waals surface area (Å²) in [6.07, 6.45) is 0.118. The first-order valence-corrected chi connectivity index (χ1v) is 11.3. The van der Waals surface area contributed by atoms with Gasteiger partial charge in [-0.3, -0.25) is 4.79 Å². The highest BCUT2D eigenvalue weighted by molar-refractivity contribution is 5.94. The zero-order chi connectivity index (χ0) is 22.4. The predicted octanol–water partition coefficient (Wildman–Crippen LogP) is 0.424. The van der Waals surface area contributed by atoms with Gasteiger partial charge in [-0.1, -0.05) is 12.1 Å². The summed E-state index contributed by atoms with van der Waals surface area (Å²) < 4.78 is 5.68. The monoisotopic (exact) mass is 426 g/mol. The number of hydrogen-bond donors (Lipinski definition) is 3. The Morgan fingerprint density at radius 3 is 2.16 bits per heavy atom. The van der Waals surface area contributed by atoms with Crippen LogP contribution in [0, 0.1) is 0 Å². The third-order valence-electron chi connectivity index (χ3n) is 6.01. The number of likely N-dealkylation sites (N-methyl/N-ethyl adjacent to an activating group) is 1. The van der Waals surface area contributed by atoms with E-state index in [2.05, 4.69) is 55.6 Å². The molecule has 6 heteroatoms. The van der Waals surface area contributed by atoms with Gasteiger partial charge < -0.3 is 24.8 Å². The highest BCUT2D eigenvalue weighted by atomic mass is 16.5. The Balaban J connectivity index is 1.70. The Hall–Kier alpha value is -2.57. The zero-order valence-electron chi connectivity index (χ0n) is 19.6. The summed E-state index contributed by atoms with van der Waals surface area (Å²) >= 11 is 0. The molecule has 1 aliphatic rings. The molecule has 0 unspecified atom stereocenters. The quantitative estimate of drug-likeness (QED) is 0.574. The largest absolute Gasteiger partial charge is 0.491 e. The molecule has 0 saturated carbocycles. The van der Waals surface area contributed by atoms with Gasteiger partial charge in [0.1, 0.15) is 38.0 Å². The van der Waals surface area contributed by atoms with Crippen LogP contribution in [0.4, 0.5) is 5.69 Å². The fourth-order valence-corrected chi connectivity index (χ4v) is 4.10. The lowest BCUT2D eigenvalue weighted by Gasteiger charge is -2.33. The predicted molar refractivity (Wildman–Crippen MR) is 125 cm³/mol. The molecule has 1 saturated heterocycles. The van der Waals surface area contributed by atoms with Crippen LogP contribution in [-0.4, -0.2) is 65.9 Å². The molecule has 0 spiro atoms. The van der Waals surface area contributed by atoms with Crippen molar-refractivity contribution < 1.29 is 19.3 Å². The minimum atomic E-state index is -0.0369. The molecule has 1 aliphatic heterocycles. The number of quaternary nitrogens is 2. The van der Waals surface area contributed by atoms with E-state index in [1.54, 1.807) is 9.80 Å². The van der Waals surface area contributed by atoms with Crippen LogP contribution in [0.5, 0.6) is 5.75 Å². The van der Waals surface area contributed by atoms with E-state index in [4.69, 9.17) is 4.74 Å². The lowest BCUT2D eigenvalue weighted by Crippen LogP contribution is -3.27. The van der Waals surface area contributed by atoms with E-state index >= 15 is 0 Å². The Kier molecular flexibility index (Phi) is 7.93. The highest BCUT2D eigenvalue weighted by Crippen LogP contribution is 2.17. The molecular weight excluding hydrogens is 388 g/mol. The topological polar surface area (TPSA) is 50.4 Å². The first kappa shape index (κ1) is 23.1. The average molecular weight is 427 g/mol. The fraction of sp³-hybridized carbons (Fsp3) is 0.480. The van der Waals surface area contributed by atoms with Crippen LogP contribution in [0.2, 0.25) is 0 Å². The van der Waals surface area contributed by atoms with Crippen LogP contribution in [-0.2, 0) is 0 Å². The number of carbonyl (C=O) groups is 1. The number of ether oxygens (including phenoxy) is 1. The van der Waals surface area contributed by atoms with Crippen LogP contribution in [0.1, 0.15) is 35.8 Å². The number of piperazine rings is 1. The van der Waals surface area contributed by atoms with Gasteiger partial charge in [0.15, 0.2) is 0 Å². The molecule has 1 fully saturated rings. The molecule has 0 bridgehead atoms. The van der Waals surface area contributed by atoms with Crippen LogP contribution in [0.3, 0.4) is 0 Å². The van der Waals surface area contributed by atoms with Crippen molar-refractivity contribution in [2.45, 2.75) is 26.0 Å². The summed E-state index contributed by atoms with van der Waals surface area (Å²) in [5.41, 5.74) is 3.13. The van der Waals surface area contributed by atoms with E-state index < -0.39 is 0 Å². The Morgan fingerprint density at radius 1 is 1.00 bits per heavy atom. The van der Waals surface area contributed by atoms with Gasteiger partial charge >= 0.3 is 0 Å². The standard InChI is InChI=1S/C25H36N4O2/c1-19(2)31-23-12-8-21(9-13-23)25(30)26-18-24(29-16-14-28(5)15-17-29)20-6-10-22(11-7-20)27(3)4/h6-13,19,24H,14-18H2,1-5H3,(H,26,30)/p+2/t24-/m0/s1. The van der Waals surface area contributed by atoms with Crippen molar-refractivity contribution in [1.29, 1.82) is 0 Å². The van der Waals surface area contributed by atoms with Crippen LogP contribution >= 0.6 is 0 Å². The molecule has 6 nitrogen and oxygen atoms in total. The van der Waals surface area contributed by atoms with E-state index in [1.165, 1.54) is 11.3 Å². The molecule has 3 rings (SSSR count). The second-order valence-electron chi connectivity index (χ2n) is 9.05. The van der Waals surface area contributed by atoms with Gasteiger partial charge in [0, 0.05) is 30.9 Å². The maximum absolute atomic E-state index is 12.8. The van der Waals surface area contributed by atoms with Crippen molar-refractivity contribution in [1.82, 2.24) is 5.32 Å². The Morgan fingerprint density at radius 2 is 1.61 bits per heavy atom. The van der Waals surface area contributed by atoms with E-state index in [0.29, 0.717) is 12.1 Å². The van der Waals surface area contributed by atoms with Gasteiger partial charge in [-0.15, -0.1) is 0 Å². The summed E-state index contributed by atoms with van der Waals surface area (Å²) in [6, 6.07) is 16.4. The minimum absolute atomic E-state index is 0.0369. The first-order chi connectivity index (χ1) is 14.8. The molecule has 2 aromatic rings. The van der Waals surface area contributed by atoms with Crippen molar-refractivity contribution in [3.8, 4) is 5.75 Å². The maximum atomic E-state index is 12.8. The number of anilines is 1. The molecule has 3 N–H and O–H groups in total. The Bertz CT molecular complexity index is 826. The molecule has 0 aromatic heterocycles. The molecule has 0 radical (unpaired) electrons. The molecule has 1 heterocycles. The van der Waals surface area contributed by atoms with Gasteiger partial charge in [-0.05, 0) is 50.2 Å². The number of rotatable bonds is 8. The molecule has 1 amide bonds. The molecule has 31 heavy (non-hydrogen) atoms. The molecule has 1 atom stereocenters. The highest BCUT2D eigenvalue weighted by Gasteiger charge is 2.29. The summed E-state index contributed by atoms with van der Waals surface area (Å²) in [7, 11) is 6.36. The second kappa shape index (κ2) is 10.6. The maximum Gasteiger partial charge on any atom is 0.251 e. The lowest BCUT2D eigenvalue weighted by molar-refractivity contribution is -1.02. The van der Waals surface area contributed by atoms with E-state index in [1.807, 2.05) is 38.1 Å². The van der Waals surface area contributed by atoms with Crippen LogP contribution < -0.4 is 24.8 Å². The van der Waals surface area contributed by atoms with Crippen molar-refractivity contribution in [2.75, 3.05) is 58.8 Å². The van der Waals surface area contributed by atoms with E-state index in [0.717, 1.165) is 31.9 Å². The van der Waals surface area contributed by atoms with Crippen molar-refractivity contribution in [2.24, 2.45) is 0 Å². The van der Waals surface area contributed by atoms with E-state index in [9.17, 15) is 4.79 Å². The minimum Gasteiger partial charge on any atom is -0.491 e. The van der Waals surface area contributed by atoms with Crippen molar-refractivity contribution >= 4 is 11.6 Å². The Labute approximate surface area is 186 Å². The fourth-order valence-electron chi connectivity index (χ4n) is 4.10. The van der Waals surface area contributed by atoms with Crippen LogP contribution in [0.25, 0.3) is 0 Å². The molecular formula is C25H38N4O2+2. The van der Waals surface area contributed by atoms with Gasteiger partial charge in [0.05, 0.1) is 19.7 Å². The zero-order valence-corrected chi connectivity index (χ0v) is 19.6. The number of nitrogens with one attached hydrogen (secondary N) is 3. The van der Waals surface area contributed by atoms with Crippen molar-refractivity contribution in [3.05, 3.63) is 59.7 Å². The van der Waals surface area contributed by atoms with Gasteiger partial charge in [0.2, 0.25) is 0 Å². The first-order valence-electron chi connectivity index (χ1n) is 11.3. The number of carbonyl (C=O) groups excluding carboxylic acids is 1. The van der Waals surface area contributed by atoms with E-state index in [-0.39, 0.29) is 18.1 Å². The van der Waals surface area contributed by atoms with Crippen molar-refractivity contribution in [3.63, 3.8) is 0 Å². The molecule has 2 aromatic carbocycles. The molecule has 168 valence electrons. The number of nitrogens with zero attached hydrogens (tertiary/aromatic N) is 1. The number of amides is 1. The summed E-state index contributed by atoms with van der Waals surface area (Å²) in [5, 5.41) is 3.19. The van der Waals surface area contributed by atoms with Gasteiger partial charge in [-0.25, -0.2) is 0 Å². The van der Waals surface area contributed by atoms with Gasteiger partial charge in [0.25, 0.3) is 5.91 Å². The normalized spacial score (nSPS) is 19.7. The second-order valence-corrected chi connectivity index (χ2v) is 9.05. The smallest absolute Gasteiger partial charge is 0.251 e. The lowest BCUT2D eigenvalue weighted by atomic mass is 10.0. The third-order valence-corrected chi connectivity index (χ3v) is 6.01. The van der Waals surface area contributed by atoms with Crippen LogP contribution in [0.15, 0.2) is 48.5 Å². The van der Waals surface area contributed by atoms with Gasteiger partial charge in [-0.2, -0.15) is 0 Å². The summed E-state index contributed by atoms with van der Waals surface area (Å²) in [5.74, 6) is 0.750. The number of benzene rings is 2. The SMILES string of the molecule is CC(C)Oc1ccc(C(=O)NC[C@@H](c2ccc(N(C)C)cc2)[NH+]2CC[NH+](C)CC2)cc1. The summed E-state index contributed by atoms with van der Waals surface area (Å²) in [4.78, 5) is 18.1. The summed E-state index contributed by atoms with van der Waals surface area (Å²) in [6.45, 7) is 9.16. The number of hydrogen-bond acceptors (Lipinski definition) is 3. The third kappa shape index (κ3) is 6.45.